The Morgan fingerprint density at radius 1 is 0.349 bits per heavy atom. The Morgan fingerprint density at radius 3 is 0.674 bits per heavy atom. The molecule has 0 aliphatic heterocycles. The molecule has 0 spiro atoms. The summed E-state index contributed by atoms with van der Waals surface area (Å²) in [4.78, 5) is 28.0. The third-order valence-electron chi connectivity index (χ3n) is 8.15. The summed E-state index contributed by atoms with van der Waals surface area (Å²) in [5.41, 5.74) is 0. The second-order valence-corrected chi connectivity index (χ2v) is 12.3. The van der Waals surface area contributed by atoms with Gasteiger partial charge in [-0.1, -0.05) is 194 Å². The molecule has 0 aliphatic rings. The van der Waals surface area contributed by atoms with Gasteiger partial charge in [0.15, 0.2) is 0 Å². The van der Waals surface area contributed by atoms with Crippen molar-refractivity contribution in [2.45, 2.75) is 219 Å². The van der Waals surface area contributed by atoms with Crippen molar-refractivity contribution < 1.29 is 29.9 Å². The van der Waals surface area contributed by atoms with Crippen molar-refractivity contribution in [2.24, 2.45) is 0 Å². The van der Waals surface area contributed by atoms with Gasteiger partial charge in [0.25, 0.3) is 11.9 Å². The average molecular weight is 639 g/mol. The van der Waals surface area contributed by atoms with E-state index in [1.54, 1.807) is 0 Å². The van der Waals surface area contributed by atoms with Crippen LogP contribution in [0.15, 0.2) is 0 Å². The van der Waals surface area contributed by atoms with Crippen LogP contribution in [0.5, 0.6) is 0 Å². The van der Waals surface area contributed by atoms with E-state index in [0.717, 1.165) is 25.7 Å². The van der Waals surface area contributed by atoms with E-state index in [1.807, 2.05) is 0 Å². The minimum absolute atomic E-state index is 0. The summed E-state index contributed by atoms with van der Waals surface area (Å²) in [7, 11) is 0. The van der Waals surface area contributed by atoms with Gasteiger partial charge in [0.2, 0.25) is 0 Å². The standard InChI is InChI=1S/2C18H36O3.Ca/c2*1-2-3-4-5-6-7-8-9-10-11-12-13-14-15-16-17-18(19)21-20;/h2*20H,2-17H2,1H3;/q;;+2/p-2. The molecular weight excluding hydrogens is 568 g/mol. The fourth-order valence-corrected chi connectivity index (χ4v) is 5.36. The van der Waals surface area contributed by atoms with Gasteiger partial charge < -0.3 is 20.3 Å². The average Bonchev–Trinajstić information content (AvgIpc) is 3.01. The van der Waals surface area contributed by atoms with Gasteiger partial charge in [-0.25, -0.2) is 0 Å². The first-order valence-electron chi connectivity index (χ1n) is 18.3. The van der Waals surface area contributed by atoms with Crippen LogP contribution in [0.4, 0.5) is 0 Å². The van der Waals surface area contributed by atoms with E-state index in [4.69, 9.17) is 0 Å². The van der Waals surface area contributed by atoms with Crippen molar-refractivity contribution in [1.29, 1.82) is 0 Å². The molecule has 0 bridgehead atoms. The smallest absolute Gasteiger partial charge is 0.662 e. The molecule has 0 amide bonds. The predicted molar refractivity (Wildman–Crippen MR) is 177 cm³/mol. The maximum Gasteiger partial charge on any atom is 2.00 e. The molecule has 0 radical (unpaired) electrons. The topological polar surface area (TPSA) is 98.7 Å². The van der Waals surface area contributed by atoms with Gasteiger partial charge in [0.05, 0.1) is 0 Å². The fraction of sp³-hybridized carbons (Fsp3) is 0.944. The normalized spacial score (nSPS) is 10.5. The fourth-order valence-electron chi connectivity index (χ4n) is 5.36. The van der Waals surface area contributed by atoms with E-state index in [-0.39, 0.29) is 50.6 Å². The molecule has 0 rings (SSSR count). The Morgan fingerprint density at radius 2 is 0.512 bits per heavy atom. The molecule has 43 heavy (non-hydrogen) atoms. The van der Waals surface area contributed by atoms with E-state index in [9.17, 15) is 20.1 Å². The van der Waals surface area contributed by atoms with Crippen LogP contribution in [0.2, 0.25) is 0 Å². The molecule has 252 valence electrons. The second-order valence-electron chi connectivity index (χ2n) is 12.3. The molecular formula is C36H70CaO6. The number of hydrogen-bond acceptors (Lipinski definition) is 6. The number of unbranched alkanes of at least 4 members (excludes halogenated alkanes) is 28. The van der Waals surface area contributed by atoms with Crippen LogP contribution in [-0.4, -0.2) is 49.7 Å². The van der Waals surface area contributed by atoms with Crippen LogP contribution in [0.25, 0.3) is 0 Å². The van der Waals surface area contributed by atoms with Gasteiger partial charge in [-0.3, -0.25) is 9.59 Å². The third kappa shape index (κ3) is 46.7. The van der Waals surface area contributed by atoms with Crippen LogP contribution < -0.4 is 10.5 Å². The SMILES string of the molecule is CCCCCCCCCCCCCCCCCC(=O)O[O-].CCCCCCCCCCCCCCCCCC(=O)O[O-].[Ca+2]. The Labute approximate surface area is 297 Å². The van der Waals surface area contributed by atoms with Crippen molar-refractivity contribution in [2.75, 3.05) is 0 Å². The van der Waals surface area contributed by atoms with Gasteiger partial charge in [0.1, 0.15) is 0 Å². The summed E-state index contributed by atoms with van der Waals surface area (Å²) < 4.78 is 0. The summed E-state index contributed by atoms with van der Waals surface area (Å²) >= 11 is 0. The first-order valence-corrected chi connectivity index (χ1v) is 18.3. The van der Waals surface area contributed by atoms with Gasteiger partial charge in [-0.05, 0) is 12.8 Å². The van der Waals surface area contributed by atoms with Gasteiger partial charge in [0, 0.05) is 12.8 Å². The van der Waals surface area contributed by atoms with Crippen molar-refractivity contribution in [3.63, 3.8) is 0 Å². The molecule has 0 aromatic rings. The maximum absolute atomic E-state index is 10.6. The zero-order valence-corrected chi connectivity index (χ0v) is 31.0. The van der Waals surface area contributed by atoms with E-state index < -0.39 is 11.9 Å². The zero-order chi connectivity index (χ0) is 31.2. The Kier molecular flexibility index (Phi) is 48.9. The van der Waals surface area contributed by atoms with E-state index in [1.165, 1.54) is 167 Å². The summed E-state index contributed by atoms with van der Waals surface area (Å²) in [6.07, 6.45) is 39.5. The van der Waals surface area contributed by atoms with Crippen molar-refractivity contribution >= 4 is 49.7 Å². The molecule has 0 unspecified atom stereocenters. The molecule has 0 saturated heterocycles. The molecule has 0 N–H and O–H groups in total. The molecule has 0 aliphatic carbocycles. The molecule has 0 aromatic heterocycles. The first-order chi connectivity index (χ1) is 20.6. The van der Waals surface area contributed by atoms with Crippen LogP contribution in [0.1, 0.15) is 219 Å². The molecule has 6 nitrogen and oxygen atoms in total. The molecule has 0 aromatic carbocycles. The Hall–Kier alpha value is 0.120. The minimum atomic E-state index is -0.621. The summed E-state index contributed by atoms with van der Waals surface area (Å²) in [6, 6.07) is 0. The summed E-state index contributed by atoms with van der Waals surface area (Å²) in [6.45, 7) is 4.53. The monoisotopic (exact) mass is 638 g/mol. The number of hydrogen-bond donors (Lipinski definition) is 0. The van der Waals surface area contributed by atoms with Crippen LogP contribution in [0, 0.1) is 0 Å². The van der Waals surface area contributed by atoms with Crippen molar-refractivity contribution in [1.82, 2.24) is 0 Å². The second kappa shape index (κ2) is 44.2. The molecule has 0 heterocycles. The van der Waals surface area contributed by atoms with E-state index in [2.05, 4.69) is 23.6 Å². The molecule has 0 saturated carbocycles. The molecule has 7 heteroatoms. The number of rotatable bonds is 32. The van der Waals surface area contributed by atoms with E-state index in [0.29, 0.717) is 0 Å². The zero-order valence-electron chi connectivity index (χ0n) is 28.8. The summed E-state index contributed by atoms with van der Waals surface area (Å²) in [5, 5.41) is 19.5. The Bertz CT molecular complexity index is 486. The van der Waals surface area contributed by atoms with Crippen molar-refractivity contribution in [3.8, 4) is 0 Å². The maximum atomic E-state index is 10.6. The van der Waals surface area contributed by atoms with Gasteiger partial charge in [-0.15, -0.1) is 0 Å². The number of carbonyl (C=O) groups is 2. The number of carbonyl (C=O) groups excluding carboxylic acids is 2. The van der Waals surface area contributed by atoms with Crippen LogP contribution in [0.3, 0.4) is 0 Å². The van der Waals surface area contributed by atoms with E-state index >= 15 is 0 Å². The molecule has 0 atom stereocenters. The van der Waals surface area contributed by atoms with Gasteiger partial charge >= 0.3 is 37.7 Å². The summed E-state index contributed by atoms with van der Waals surface area (Å²) in [5.74, 6) is -1.24. The van der Waals surface area contributed by atoms with Crippen LogP contribution >= 0.6 is 0 Å². The predicted octanol–water partition coefficient (Wildman–Crippen LogP) is 9.75. The Balaban J connectivity index is -0.000000727. The quantitative estimate of drug-likeness (QED) is 0.0315. The molecule has 0 fully saturated rings. The first kappa shape index (κ1) is 47.5. The van der Waals surface area contributed by atoms with Crippen LogP contribution in [-0.2, 0) is 19.4 Å². The third-order valence-corrected chi connectivity index (χ3v) is 8.15. The minimum Gasteiger partial charge on any atom is -0.662 e. The van der Waals surface area contributed by atoms with Crippen molar-refractivity contribution in [3.05, 3.63) is 0 Å². The largest absolute Gasteiger partial charge is 2.00 e. The van der Waals surface area contributed by atoms with Gasteiger partial charge in [-0.2, -0.15) is 0 Å².